The van der Waals surface area contributed by atoms with Crippen molar-refractivity contribution in [2.24, 2.45) is 0 Å². The second-order valence-electron chi connectivity index (χ2n) is 12.5. The zero-order valence-electron chi connectivity index (χ0n) is 26.1. The summed E-state index contributed by atoms with van der Waals surface area (Å²) in [6.45, 7) is 0. The van der Waals surface area contributed by atoms with Gasteiger partial charge < -0.3 is 4.90 Å². The summed E-state index contributed by atoms with van der Waals surface area (Å²) in [7, 11) is 0. The Morgan fingerprint density at radius 3 is 1.60 bits per heavy atom. The molecule has 10 aromatic rings. The van der Waals surface area contributed by atoms with Crippen molar-refractivity contribution < 1.29 is 0 Å². The fourth-order valence-electron chi connectivity index (χ4n) is 7.62. The molecule has 0 amide bonds. The van der Waals surface area contributed by atoms with E-state index in [0.29, 0.717) is 0 Å². The lowest BCUT2D eigenvalue weighted by atomic mass is 9.94. The monoisotopic (exact) mass is 627 g/mol. The smallest absolute Gasteiger partial charge is 0.0468 e. The summed E-state index contributed by atoms with van der Waals surface area (Å²) in [5.41, 5.74) is 5.85. The summed E-state index contributed by atoms with van der Waals surface area (Å²) in [6.07, 6.45) is 0. The van der Waals surface area contributed by atoms with Crippen LogP contribution in [0.2, 0.25) is 0 Å². The third-order valence-corrected chi connectivity index (χ3v) is 11.0. The minimum Gasteiger partial charge on any atom is -0.310 e. The lowest BCUT2D eigenvalue weighted by molar-refractivity contribution is 1.30. The third-order valence-electron chi connectivity index (χ3n) is 9.81. The van der Waals surface area contributed by atoms with Crippen LogP contribution in [0.4, 0.5) is 17.1 Å². The standard InChI is InChI=1S/C46H29NS/c1-2-15-35-30(11-1)12-10-21-36(35)31-13-9-14-32(27-31)47(34-24-26-46-44(29-34)42-20-7-8-22-45(42)48-46)33-23-25-41-39-18-4-3-16-37(39)38-17-5-6-19-40(38)43(41)28-33/h1-29H. The Morgan fingerprint density at radius 2 is 0.833 bits per heavy atom. The molecule has 0 saturated heterocycles. The molecule has 1 aromatic heterocycles. The van der Waals surface area contributed by atoms with Gasteiger partial charge in [-0.15, -0.1) is 11.3 Å². The average molecular weight is 628 g/mol. The quantitative estimate of drug-likeness (QED) is 0.176. The molecule has 0 aliphatic rings. The first kappa shape index (κ1) is 27.2. The zero-order valence-corrected chi connectivity index (χ0v) is 26.9. The highest BCUT2D eigenvalue weighted by Gasteiger charge is 2.18. The molecule has 1 nitrogen and oxygen atoms in total. The van der Waals surface area contributed by atoms with Crippen LogP contribution < -0.4 is 4.90 Å². The average Bonchev–Trinajstić information content (AvgIpc) is 3.53. The van der Waals surface area contributed by atoms with Gasteiger partial charge in [-0.05, 0) is 103 Å². The predicted molar refractivity (Wildman–Crippen MR) is 209 cm³/mol. The predicted octanol–water partition coefficient (Wildman–Crippen LogP) is 13.8. The van der Waals surface area contributed by atoms with Gasteiger partial charge in [0, 0.05) is 37.2 Å². The van der Waals surface area contributed by atoms with Crippen LogP contribution in [0.5, 0.6) is 0 Å². The highest BCUT2D eigenvalue weighted by molar-refractivity contribution is 7.25. The van der Waals surface area contributed by atoms with Crippen molar-refractivity contribution in [2.45, 2.75) is 0 Å². The number of hydrogen-bond donors (Lipinski definition) is 0. The zero-order chi connectivity index (χ0) is 31.6. The summed E-state index contributed by atoms with van der Waals surface area (Å²) in [5, 5.41) is 12.8. The van der Waals surface area contributed by atoms with E-state index in [1.807, 2.05) is 11.3 Å². The van der Waals surface area contributed by atoms with Crippen LogP contribution in [0.15, 0.2) is 176 Å². The number of fused-ring (bicyclic) bond motifs is 10. The van der Waals surface area contributed by atoms with Gasteiger partial charge in [-0.3, -0.25) is 0 Å². The molecule has 0 unspecified atom stereocenters. The lowest BCUT2D eigenvalue weighted by Gasteiger charge is -2.27. The van der Waals surface area contributed by atoms with E-state index >= 15 is 0 Å². The maximum atomic E-state index is 2.43. The summed E-state index contributed by atoms with van der Waals surface area (Å²) in [4.78, 5) is 2.43. The van der Waals surface area contributed by atoms with Crippen LogP contribution in [0.1, 0.15) is 0 Å². The van der Waals surface area contributed by atoms with E-state index in [0.717, 1.165) is 17.1 Å². The number of hydrogen-bond acceptors (Lipinski definition) is 2. The van der Waals surface area contributed by atoms with Crippen LogP contribution in [0, 0.1) is 0 Å². The van der Waals surface area contributed by atoms with Crippen molar-refractivity contribution in [2.75, 3.05) is 4.90 Å². The van der Waals surface area contributed by atoms with Crippen molar-refractivity contribution in [1.82, 2.24) is 0 Å². The first-order chi connectivity index (χ1) is 23.8. The second kappa shape index (κ2) is 10.8. The first-order valence-electron chi connectivity index (χ1n) is 16.4. The van der Waals surface area contributed by atoms with Gasteiger partial charge in [0.2, 0.25) is 0 Å². The van der Waals surface area contributed by atoms with Gasteiger partial charge in [-0.2, -0.15) is 0 Å². The summed E-state index contributed by atoms with van der Waals surface area (Å²) < 4.78 is 2.62. The molecular weight excluding hydrogens is 599 g/mol. The van der Waals surface area contributed by atoms with Crippen LogP contribution >= 0.6 is 11.3 Å². The number of benzene rings is 9. The van der Waals surface area contributed by atoms with Crippen LogP contribution in [0.25, 0.3) is 74.4 Å². The SMILES string of the molecule is c1cc(-c2cccc3ccccc23)cc(N(c2ccc3sc4ccccc4c3c2)c2ccc3c4ccccc4c4ccccc4c3c2)c1. The number of anilines is 3. The first-order valence-corrected chi connectivity index (χ1v) is 17.2. The molecule has 10 rings (SSSR count). The Balaban J connectivity index is 1.24. The minimum absolute atomic E-state index is 1.13. The maximum Gasteiger partial charge on any atom is 0.0468 e. The Bertz CT molecular complexity index is 2820. The van der Waals surface area contributed by atoms with E-state index in [-0.39, 0.29) is 0 Å². The van der Waals surface area contributed by atoms with Crippen LogP contribution in [0.3, 0.4) is 0 Å². The molecule has 2 heteroatoms. The highest BCUT2D eigenvalue weighted by atomic mass is 32.1. The van der Waals surface area contributed by atoms with E-state index in [1.54, 1.807) is 0 Å². The normalized spacial score (nSPS) is 11.8. The third kappa shape index (κ3) is 4.24. The molecule has 0 fully saturated rings. The van der Waals surface area contributed by atoms with Crippen molar-refractivity contribution in [3.8, 4) is 11.1 Å². The fraction of sp³-hybridized carbons (Fsp3) is 0. The van der Waals surface area contributed by atoms with Crippen molar-refractivity contribution in [3.63, 3.8) is 0 Å². The summed E-state index contributed by atoms with van der Waals surface area (Å²) in [5.74, 6) is 0. The van der Waals surface area contributed by atoms with E-state index in [9.17, 15) is 0 Å². The molecular formula is C46H29NS. The van der Waals surface area contributed by atoms with E-state index < -0.39 is 0 Å². The van der Waals surface area contributed by atoms with Gasteiger partial charge in [0.1, 0.15) is 0 Å². The molecule has 0 N–H and O–H groups in total. The molecule has 0 bridgehead atoms. The van der Waals surface area contributed by atoms with Gasteiger partial charge in [-0.25, -0.2) is 0 Å². The second-order valence-corrected chi connectivity index (χ2v) is 13.6. The molecule has 48 heavy (non-hydrogen) atoms. The Labute approximate surface area is 282 Å². The molecule has 1 heterocycles. The molecule has 0 aliphatic heterocycles. The van der Waals surface area contributed by atoms with Crippen LogP contribution in [-0.4, -0.2) is 0 Å². The molecule has 0 aliphatic carbocycles. The Morgan fingerprint density at radius 1 is 0.312 bits per heavy atom. The van der Waals surface area contributed by atoms with Crippen molar-refractivity contribution in [1.29, 1.82) is 0 Å². The Hall–Kier alpha value is -5.96. The van der Waals surface area contributed by atoms with Gasteiger partial charge in [-0.1, -0.05) is 127 Å². The molecule has 0 atom stereocenters. The largest absolute Gasteiger partial charge is 0.310 e. The molecule has 0 radical (unpaired) electrons. The maximum absolute atomic E-state index is 2.43. The molecule has 0 saturated carbocycles. The van der Waals surface area contributed by atoms with E-state index in [1.165, 1.54) is 74.4 Å². The molecule has 224 valence electrons. The Kier molecular flexibility index (Phi) is 6.12. The number of rotatable bonds is 4. The lowest BCUT2D eigenvalue weighted by Crippen LogP contribution is -2.10. The topological polar surface area (TPSA) is 3.24 Å². The van der Waals surface area contributed by atoms with Crippen LogP contribution in [-0.2, 0) is 0 Å². The van der Waals surface area contributed by atoms with Crippen molar-refractivity contribution in [3.05, 3.63) is 176 Å². The number of thiophene rings is 1. The number of nitrogens with zero attached hydrogens (tertiary/aromatic N) is 1. The van der Waals surface area contributed by atoms with Gasteiger partial charge >= 0.3 is 0 Å². The minimum atomic E-state index is 1.13. The highest BCUT2D eigenvalue weighted by Crippen LogP contribution is 2.44. The van der Waals surface area contributed by atoms with Gasteiger partial charge in [0.25, 0.3) is 0 Å². The van der Waals surface area contributed by atoms with E-state index in [4.69, 9.17) is 0 Å². The fourth-order valence-corrected chi connectivity index (χ4v) is 8.71. The van der Waals surface area contributed by atoms with E-state index in [2.05, 4.69) is 181 Å². The van der Waals surface area contributed by atoms with Gasteiger partial charge in [0.15, 0.2) is 0 Å². The molecule has 0 spiro atoms. The molecule has 9 aromatic carbocycles. The van der Waals surface area contributed by atoms with Crippen molar-refractivity contribution >= 4 is 91.7 Å². The van der Waals surface area contributed by atoms with Gasteiger partial charge in [0.05, 0.1) is 0 Å². The summed E-state index contributed by atoms with van der Waals surface area (Å²) >= 11 is 1.86. The summed E-state index contributed by atoms with van der Waals surface area (Å²) in [6, 6.07) is 64.6.